The maximum atomic E-state index is 11.9. The maximum absolute atomic E-state index is 11.9. The van der Waals surface area contributed by atoms with Gasteiger partial charge in [-0.25, -0.2) is 0 Å². The Morgan fingerprint density at radius 1 is 1.43 bits per heavy atom. The number of hydrogen-bond acceptors (Lipinski definition) is 2. The molecule has 0 aliphatic carbocycles. The van der Waals surface area contributed by atoms with Crippen LogP contribution in [0.15, 0.2) is 24.3 Å². The molecule has 0 saturated heterocycles. The van der Waals surface area contributed by atoms with Crippen molar-refractivity contribution in [3.05, 3.63) is 35.4 Å². The lowest BCUT2D eigenvalue weighted by Crippen LogP contribution is -2.34. The summed E-state index contributed by atoms with van der Waals surface area (Å²) in [4.78, 5) is 11.9. The van der Waals surface area contributed by atoms with Crippen LogP contribution in [-0.4, -0.2) is 18.4 Å². The molecule has 0 aliphatic rings. The van der Waals surface area contributed by atoms with Crippen molar-refractivity contribution in [1.29, 1.82) is 0 Å². The predicted molar refractivity (Wildman–Crippen MR) is 58.6 cm³/mol. The third kappa shape index (κ3) is 2.42. The summed E-state index contributed by atoms with van der Waals surface area (Å²) in [6, 6.07) is 7.60. The molecule has 0 radical (unpaired) electrons. The fourth-order valence-electron chi connectivity index (χ4n) is 1.48. The molecule has 2 heteroatoms. The summed E-state index contributed by atoms with van der Waals surface area (Å²) in [5.41, 5.74) is 1.86. The SMILES string of the molecule is CCNC(C)C(=O)c1ccccc1C. The summed E-state index contributed by atoms with van der Waals surface area (Å²) >= 11 is 0. The van der Waals surface area contributed by atoms with Gasteiger partial charge in [0.25, 0.3) is 0 Å². The second-order valence-electron chi connectivity index (χ2n) is 3.46. The third-order valence-corrected chi connectivity index (χ3v) is 2.31. The van der Waals surface area contributed by atoms with Crippen molar-refractivity contribution in [3.8, 4) is 0 Å². The number of benzene rings is 1. The van der Waals surface area contributed by atoms with E-state index >= 15 is 0 Å². The summed E-state index contributed by atoms with van der Waals surface area (Å²) in [6.07, 6.45) is 0. The Bertz CT molecular complexity index is 320. The topological polar surface area (TPSA) is 29.1 Å². The van der Waals surface area contributed by atoms with Crippen molar-refractivity contribution in [2.45, 2.75) is 26.8 Å². The van der Waals surface area contributed by atoms with Gasteiger partial charge in [-0.05, 0) is 26.0 Å². The van der Waals surface area contributed by atoms with Gasteiger partial charge in [0, 0.05) is 5.56 Å². The number of carbonyl (C=O) groups excluding carboxylic acids is 1. The molecule has 0 aromatic heterocycles. The fraction of sp³-hybridized carbons (Fsp3) is 0.417. The Kier molecular flexibility index (Phi) is 3.84. The summed E-state index contributed by atoms with van der Waals surface area (Å²) in [6.45, 7) is 6.69. The zero-order valence-electron chi connectivity index (χ0n) is 9.00. The first kappa shape index (κ1) is 10.9. The van der Waals surface area contributed by atoms with Gasteiger partial charge in [-0.2, -0.15) is 0 Å². The number of likely N-dealkylation sites (N-methyl/N-ethyl adjacent to an activating group) is 1. The lowest BCUT2D eigenvalue weighted by molar-refractivity contribution is 0.0951. The minimum absolute atomic E-state index is 0.0962. The number of hydrogen-bond donors (Lipinski definition) is 1. The lowest BCUT2D eigenvalue weighted by Gasteiger charge is -2.12. The van der Waals surface area contributed by atoms with Crippen LogP contribution in [0.25, 0.3) is 0 Å². The Hall–Kier alpha value is -1.15. The van der Waals surface area contributed by atoms with Crippen LogP contribution in [0.3, 0.4) is 0 Å². The van der Waals surface area contributed by atoms with E-state index in [1.54, 1.807) is 0 Å². The molecule has 0 spiro atoms. The van der Waals surface area contributed by atoms with Crippen molar-refractivity contribution in [1.82, 2.24) is 5.32 Å². The van der Waals surface area contributed by atoms with E-state index in [-0.39, 0.29) is 11.8 Å². The average molecular weight is 191 g/mol. The highest BCUT2D eigenvalue weighted by molar-refractivity contribution is 6.01. The normalized spacial score (nSPS) is 12.5. The van der Waals surface area contributed by atoms with E-state index in [1.807, 2.05) is 45.0 Å². The maximum Gasteiger partial charge on any atom is 0.179 e. The Labute approximate surface area is 85.3 Å². The van der Waals surface area contributed by atoms with Gasteiger partial charge in [-0.3, -0.25) is 4.79 Å². The van der Waals surface area contributed by atoms with Crippen LogP contribution in [-0.2, 0) is 0 Å². The zero-order chi connectivity index (χ0) is 10.6. The molecule has 1 aromatic carbocycles. The second-order valence-corrected chi connectivity index (χ2v) is 3.46. The molecule has 0 amide bonds. The summed E-state index contributed by atoms with van der Waals surface area (Å²) in [7, 11) is 0. The van der Waals surface area contributed by atoms with Gasteiger partial charge in [-0.1, -0.05) is 31.2 Å². The number of Topliss-reactive ketones (excluding diaryl/α,β-unsaturated/α-hetero) is 1. The van der Waals surface area contributed by atoms with Crippen molar-refractivity contribution in [3.63, 3.8) is 0 Å². The first-order valence-electron chi connectivity index (χ1n) is 5.00. The molecule has 1 unspecified atom stereocenters. The molecule has 1 N–H and O–H groups in total. The monoisotopic (exact) mass is 191 g/mol. The van der Waals surface area contributed by atoms with E-state index in [0.29, 0.717) is 0 Å². The standard InChI is InChI=1S/C12H17NO/c1-4-13-10(3)12(14)11-8-6-5-7-9(11)2/h5-8,10,13H,4H2,1-3H3. The molecule has 1 atom stereocenters. The Morgan fingerprint density at radius 2 is 2.07 bits per heavy atom. The second kappa shape index (κ2) is 4.91. The van der Waals surface area contributed by atoms with Gasteiger partial charge >= 0.3 is 0 Å². The van der Waals surface area contributed by atoms with E-state index in [0.717, 1.165) is 17.7 Å². The van der Waals surface area contributed by atoms with Crippen molar-refractivity contribution < 1.29 is 4.79 Å². The largest absolute Gasteiger partial charge is 0.308 e. The molecule has 1 aromatic rings. The fourth-order valence-corrected chi connectivity index (χ4v) is 1.48. The average Bonchev–Trinajstić information content (AvgIpc) is 2.18. The quantitative estimate of drug-likeness (QED) is 0.739. The predicted octanol–water partition coefficient (Wildman–Crippen LogP) is 2.18. The van der Waals surface area contributed by atoms with Gasteiger partial charge in [0.05, 0.1) is 6.04 Å². The molecule has 76 valence electrons. The van der Waals surface area contributed by atoms with Crippen LogP contribution in [0.5, 0.6) is 0 Å². The zero-order valence-corrected chi connectivity index (χ0v) is 9.00. The number of rotatable bonds is 4. The van der Waals surface area contributed by atoms with Gasteiger partial charge < -0.3 is 5.32 Å². The summed E-state index contributed by atoms with van der Waals surface area (Å²) < 4.78 is 0. The van der Waals surface area contributed by atoms with Crippen LogP contribution in [0.4, 0.5) is 0 Å². The Morgan fingerprint density at radius 3 is 2.64 bits per heavy atom. The smallest absolute Gasteiger partial charge is 0.179 e. The van der Waals surface area contributed by atoms with E-state index < -0.39 is 0 Å². The van der Waals surface area contributed by atoms with Gasteiger partial charge in [0.15, 0.2) is 5.78 Å². The first-order valence-corrected chi connectivity index (χ1v) is 5.00. The highest BCUT2D eigenvalue weighted by Crippen LogP contribution is 2.09. The van der Waals surface area contributed by atoms with Gasteiger partial charge in [0.2, 0.25) is 0 Å². The highest BCUT2D eigenvalue weighted by atomic mass is 16.1. The summed E-state index contributed by atoms with van der Waals surface area (Å²) in [5, 5.41) is 3.12. The molecule has 0 fully saturated rings. The summed E-state index contributed by atoms with van der Waals surface area (Å²) in [5.74, 6) is 0.171. The molecule has 0 aliphatic heterocycles. The van der Waals surface area contributed by atoms with Crippen LogP contribution in [0.1, 0.15) is 29.8 Å². The van der Waals surface area contributed by atoms with Gasteiger partial charge in [-0.15, -0.1) is 0 Å². The van der Waals surface area contributed by atoms with E-state index in [9.17, 15) is 4.79 Å². The first-order chi connectivity index (χ1) is 6.66. The third-order valence-electron chi connectivity index (χ3n) is 2.31. The van der Waals surface area contributed by atoms with E-state index in [2.05, 4.69) is 5.32 Å². The lowest BCUT2D eigenvalue weighted by atomic mass is 10.0. The van der Waals surface area contributed by atoms with Crippen molar-refractivity contribution >= 4 is 5.78 Å². The van der Waals surface area contributed by atoms with Crippen molar-refractivity contribution in [2.24, 2.45) is 0 Å². The van der Waals surface area contributed by atoms with Crippen LogP contribution in [0, 0.1) is 6.92 Å². The Balaban J connectivity index is 2.84. The molecule has 1 rings (SSSR count). The van der Waals surface area contributed by atoms with Crippen LogP contribution < -0.4 is 5.32 Å². The molecular weight excluding hydrogens is 174 g/mol. The van der Waals surface area contributed by atoms with Crippen LogP contribution >= 0.6 is 0 Å². The minimum Gasteiger partial charge on any atom is -0.308 e. The van der Waals surface area contributed by atoms with E-state index in [1.165, 1.54) is 0 Å². The number of aryl methyl sites for hydroxylation is 1. The number of ketones is 1. The van der Waals surface area contributed by atoms with Crippen molar-refractivity contribution in [2.75, 3.05) is 6.54 Å². The van der Waals surface area contributed by atoms with Crippen LogP contribution in [0.2, 0.25) is 0 Å². The van der Waals surface area contributed by atoms with E-state index in [4.69, 9.17) is 0 Å². The highest BCUT2D eigenvalue weighted by Gasteiger charge is 2.14. The number of nitrogens with one attached hydrogen (secondary N) is 1. The molecule has 0 bridgehead atoms. The molecular formula is C12H17NO. The van der Waals surface area contributed by atoms with Gasteiger partial charge in [0.1, 0.15) is 0 Å². The molecule has 2 nitrogen and oxygen atoms in total. The minimum atomic E-state index is -0.0962. The molecule has 0 heterocycles. The molecule has 14 heavy (non-hydrogen) atoms. The molecule has 0 saturated carbocycles. The number of carbonyl (C=O) groups is 1.